The highest BCUT2D eigenvalue weighted by Crippen LogP contribution is 2.23. The molecule has 6 nitrogen and oxygen atoms in total. The average molecular weight is 375 g/mol. The summed E-state index contributed by atoms with van der Waals surface area (Å²) in [4.78, 5) is 0. The molecule has 0 atom stereocenters. The molecule has 2 aromatic carbocycles. The van der Waals surface area contributed by atoms with E-state index >= 15 is 0 Å². The minimum atomic E-state index is 0.119. The minimum absolute atomic E-state index is 0.119. The maximum Gasteiger partial charge on any atom is 0.212 e. The average Bonchev–Trinajstić information content (AvgIpc) is 3.08. The summed E-state index contributed by atoms with van der Waals surface area (Å²) in [5.74, 6) is 1.48. The van der Waals surface area contributed by atoms with E-state index in [1.807, 2.05) is 24.3 Å². The van der Waals surface area contributed by atoms with E-state index in [0.717, 1.165) is 11.3 Å². The van der Waals surface area contributed by atoms with Gasteiger partial charge in [-0.2, -0.15) is 9.78 Å². The van der Waals surface area contributed by atoms with Crippen molar-refractivity contribution in [3.05, 3.63) is 64.9 Å². The van der Waals surface area contributed by atoms with Crippen LogP contribution in [0.15, 0.2) is 59.0 Å². The minimum Gasteiger partial charge on any atom is -0.507 e. The summed E-state index contributed by atoms with van der Waals surface area (Å²) in [5, 5.41) is 23.5. The monoisotopic (exact) mass is 374 g/mol. The second-order valence-corrected chi connectivity index (χ2v) is 6.42. The Labute approximate surface area is 154 Å². The van der Waals surface area contributed by atoms with Crippen LogP contribution >= 0.6 is 23.4 Å². The van der Waals surface area contributed by atoms with Crippen molar-refractivity contribution >= 4 is 29.6 Å². The van der Waals surface area contributed by atoms with Crippen LogP contribution < -0.4 is 4.74 Å². The predicted molar refractivity (Wildman–Crippen MR) is 98.7 cm³/mol. The number of phenols is 1. The maximum atomic E-state index is 9.90. The summed E-state index contributed by atoms with van der Waals surface area (Å²) in [5.41, 5.74) is 1.67. The zero-order valence-corrected chi connectivity index (χ0v) is 14.9. The number of hydrogen-bond acceptors (Lipinski definition) is 6. The second kappa shape index (κ2) is 8.04. The van der Waals surface area contributed by atoms with Gasteiger partial charge in [-0.15, -0.1) is 10.2 Å². The number of methoxy groups -OCH3 is 1. The maximum absolute atomic E-state index is 9.90. The molecule has 3 rings (SSSR count). The van der Waals surface area contributed by atoms with Gasteiger partial charge >= 0.3 is 0 Å². The third-order valence-corrected chi connectivity index (χ3v) is 4.59. The van der Waals surface area contributed by atoms with Crippen LogP contribution in [0.3, 0.4) is 0 Å². The number of halogens is 1. The lowest BCUT2D eigenvalue weighted by atomic mass is 10.2. The lowest BCUT2D eigenvalue weighted by molar-refractivity contribution is 0.412. The van der Waals surface area contributed by atoms with Crippen molar-refractivity contribution in [1.82, 2.24) is 14.9 Å². The summed E-state index contributed by atoms with van der Waals surface area (Å²) >= 11 is 7.39. The number of aromatic hydroxyl groups is 1. The van der Waals surface area contributed by atoms with Crippen LogP contribution in [0.2, 0.25) is 5.02 Å². The number of nitrogens with zero attached hydrogens (tertiary/aromatic N) is 4. The number of aromatic nitrogens is 3. The fourth-order valence-electron chi connectivity index (χ4n) is 2.01. The number of benzene rings is 2. The third-order valence-electron chi connectivity index (χ3n) is 3.34. The number of thioether (sulfide) groups is 1. The van der Waals surface area contributed by atoms with Gasteiger partial charge in [-0.25, -0.2) is 0 Å². The quantitative estimate of drug-likeness (QED) is 0.524. The number of rotatable bonds is 6. The summed E-state index contributed by atoms with van der Waals surface area (Å²) < 4.78 is 6.70. The van der Waals surface area contributed by atoms with Crippen LogP contribution in [-0.4, -0.2) is 33.3 Å². The first-order valence-electron chi connectivity index (χ1n) is 7.34. The highest BCUT2D eigenvalue weighted by atomic mass is 35.5. The molecule has 25 heavy (non-hydrogen) atoms. The van der Waals surface area contributed by atoms with E-state index in [2.05, 4.69) is 15.3 Å². The molecule has 0 radical (unpaired) electrons. The predicted octanol–water partition coefficient (Wildman–Crippen LogP) is 3.82. The molecular weight excluding hydrogens is 360 g/mol. The molecular formula is C17H15ClN4O2S. The fraction of sp³-hybridized carbons (Fsp3) is 0.118. The number of phenolic OH excluding ortho intramolecular Hbond substituents is 1. The Morgan fingerprint density at radius 2 is 2.08 bits per heavy atom. The first-order chi connectivity index (χ1) is 12.2. The molecule has 3 aromatic rings. The van der Waals surface area contributed by atoms with E-state index in [9.17, 15) is 5.11 Å². The molecule has 0 saturated carbocycles. The van der Waals surface area contributed by atoms with E-state index in [1.165, 1.54) is 24.3 Å². The Morgan fingerprint density at radius 1 is 1.28 bits per heavy atom. The first-order valence-corrected chi connectivity index (χ1v) is 8.70. The summed E-state index contributed by atoms with van der Waals surface area (Å²) in [6.07, 6.45) is 3.05. The zero-order valence-electron chi connectivity index (χ0n) is 13.3. The van der Waals surface area contributed by atoms with E-state index in [1.54, 1.807) is 30.0 Å². The van der Waals surface area contributed by atoms with E-state index in [0.29, 0.717) is 21.5 Å². The smallest absolute Gasteiger partial charge is 0.212 e. The molecule has 8 heteroatoms. The van der Waals surface area contributed by atoms with Gasteiger partial charge in [0.15, 0.2) is 0 Å². The van der Waals surface area contributed by atoms with Crippen molar-refractivity contribution in [3.8, 4) is 11.5 Å². The van der Waals surface area contributed by atoms with E-state index in [-0.39, 0.29) is 5.75 Å². The summed E-state index contributed by atoms with van der Waals surface area (Å²) in [6.45, 7) is 0. The van der Waals surface area contributed by atoms with Gasteiger partial charge in [0.25, 0.3) is 0 Å². The molecule has 0 aliphatic carbocycles. The van der Waals surface area contributed by atoms with Gasteiger partial charge in [0.2, 0.25) is 5.16 Å². The molecule has 1 heterocycles. The molecule has 0 unspecified atom stereocenters. The van der Waals surface area contributed by atoms with Crippen LogP contribution in [0, 0.1) is 0 Å². The van der Waals surface area contributed by atoms with Gasteiger partial charge < -0.3 is 9.84 Å². The molecule has 0 bridgehead atoms. The van der Waals surface area contributed by atoms with Gasteiger partial charge in [-0.3, -0.25) is 0 Å². The van der Waals surface area contributed by atoms with Crippen LogP contribution in [0.5, 0.6) is 11.5 Å². The molecule has 128 valence electrons. The van der Waals surface area contributed by atoms with Gasteiger partial charge in [0.1, 0.15) is 17.8 Å². The standard InChI is InChI=1S/C17H15ClN4O2S/c1-24-15-6-7-16(23)13(8-15)9-20-22-11-19-21-17(22)25-10-12-2-4-14(18)5-3-12/h2-9,11,23H,10H2,1H3/b20-9+. The number of ether oxygens (including phenoxy) is 1. The second-order valence-electron chi connectivity index (χ2n) is 5.04. The Hall–Kier alpha value is -2.51. The molecule has 0 aliphatic heterocycles. The van der Waals surface area contributed by atoms with Crippen molar-refractivity contribution < 1.29 is 9.84 Å². The third kappa shape index (κ3) is 4.52. The molecule has 0 saturated heterocycles. The van der Waals surface area contributed by atoms with Crippen LogP contribution in [-0.2, 0) is 5.75 Å². The van der Waals surface area contributed by atoms with Crippen molar-refractivity contribution in [1.29, 1.82) is 0 Å². The van der Waals surface area contributed by atoms with Crippen LogP contribution in [0.25, 0.3) is 0 Å². The van der Waals surface area contributed by atoms with Gasteiger partial charge in [0, 0.05) is 16.3 Å². The van der Waals surface area contributed by atoms with Crippen LogP contribution in [0.1, 0.15) is 11.1 Å². The SMILES string of the molecule is COc1ccc(O)c(/C=N/n2cnnc2SCc2ccc(Cl)cc2)c1. The molecule has 1 aromatic heterocycles. The van der Waals surface area contributed by atoms with Crippen molar-refractivity contribution in [3.63, 3.8) is 0 Å². The highest BCUT2D eigenvalue weighted by molar-refractivity contribution is 7.98. The van der Waals surface area contributed by atoms with Crippen molar-refractivity contribution in [2.24, 2.45) is 5.10 Å². The number of hydrogen-bond donors (Lipinski definition) is 1. The summed E-state index contributed by atoms with van der Waals surface area (Å²) in [6, 6.07) is 12.6. The summed E-state index contributed by atoms with van der Waals surface area (Å²) in [7, 11) is 1.57. The van der Waals surface area contributed by atoms with E-state index in [4.69, 9.17) is 16.3 Å². The van der Waals surface area contributed by atoms with Gasteiger partial charge in [-0.05, 0) is 35.9 Å². The Morgan fingerprint density at radius 3 is 2.84 bits per heavy atom. The normalized spacial score (nSPS) is 11.1. The van der Waals surface area contributed by atoms with Gasteiger partial charge in [-0.1, -0.05) is 35.5 Å². The lowest BCUT2D eigenvalue weighted by Gasteiger charge is -2.04. The zero-order chi connectivity index (χ0) is 17.6. The molecule has 1 N–H and O–H groups in total. The largest absolute Gasteiger partial charge is 0.507 e. The molecule has 0 fully saturated rings. The molecule has 0 spiro atoms. The Balaban J connectivity index is 1.72. The van der Waals surface area contributed by atoms with Gasteiger partial charge in [0.05, 0.1) is 13.3 Å². The molecule has 0 amide bonds. The van der Waals surface area contributed by atoms with E-state index < -0.39 is 0 Å². The molecule has 0 aliphatic rings. The topological polar surface area (TPSA) is 72.5 Å². The first kappa shape index (κ1) is 17.3. The lowest BCUT2D eigenvalue weighted by Crippen LogP contribution is -1.94. The highest BCUT2D eigenvalue weighted by Gasteiger charge is 2.06. The fourth-order valence-corrected chi connectivity index (χ4v) is 2.96. The Bertz CT molecular complexity index is 881. The van der Waals surface area contributed by atoms with Crippen LogP contribution in [0.4, 0.5) is 0 Å². The van der Waals surface area contributed by atoms with Crippen molar-refractivity contribution in [2.75, 3.05) is 7.11 Å². The Kier molecular flexibility index (Phi) is 5.57. The van der Waals surface area contributed by atoms with Crippen molar-refractivity contribution in [2.45, 2.75) is 10.9 Å².